The van der Waals surface area contributed by atoms with Gasteiger partial charge >= 0.3 is 0 Å². The number of H-pyrrole nitrogens is 1. The summed E-state index contributed by atoms with van der Waals surface area (Å²) < 4.78 is 27.1. The van der Waals surface area contributed by atoms with Gasteiger partial charge in [-0.05, 0) is 31.0 Å². The highest BCUT2D eigenvalue weighted by Crippen LogP contribution is 2.22. The highest BCUT2D eigenvalue weighted by atomic mass is 32.2. The fourth-order valence-electron chi connectivity index (χ4n) is 2.21. The Labute approximate surface area is 138 Å². The Morgan fingerprint density at radius 3 is 2.35 bits per heavy atom. The maximum absolute atomic E-state index is 12.8. The molecule has 2 N–H and O–H groups in total. The summed E-state index contributed by atoms with van der Waals surface area (Å²) in [4.78, 5) is 3.26. The van der Waals surface area contributed by atoms with E-state index in [9.17, 15) is 8.42 Å². The quantitative estimate of drug-likeness (QED) is 0.847. The fourth-order valence-corrected chi connectivity index (χ4v) is 3.65. The highest BCUT2D eigenvalue weighted by molar-refractivity contribution is 7.92. The van der Waals surface area contributed by atoms with Gasteiger partial charge in [0.2, 0.25) is 0 Å². The molecule has 1 heterocycles. The summed E-state index contributed by atoms with van der Waals surface area (Å²) in [5, 5.41) is 3.23. The number of hydrogen-bond acceptors (Lipinski definition) is 3. The smallest absolute Gasteiger partial charge is 0.272 e. The molecule has 0 aliphatic carbocycles. The Morgan fingerprint density at radius 1 is 1.13 bits per heavy atom. The van der Waals surface area contributed by atoms with Crippen LogP contribution >= 0.6 is 0 Å². The zero-order valence-corrected chi connectivity index (χ0v) is 14.6. The Balaban J connectivity index is 2.24. The first-order chi connectivity index (χ1) is 10.9. The number of pyridine rings is 1. The molecule has 1 aromatic heterocycles. The van der Waals surface area contributed by atoms with Crippen LogP contribution in [-0.2, 0) is 10.0 Å². The second-order valence-corrected chi connectivity index (χ2v) is 7.58. The van der Waals surface area contributed by atoms with Crippen LogP contribution in [0.4, 0.5) is 11.5 Å². The number of sulfonamides is 1. The lowest BCUT2D eigenvalue weighted by Crippen LogP contribution is -2.31. The van der Waals surface area contributed by atoms with Crippen LogP contribution in [0.5, 0.6) is 0 Å². The van der Waals surface area contributed by atoms with Gasteiger partial charge in [-0.3, -0.25) is 9.62 Å². The van der Waals surface area contributed by atoms with Crippen molar-refractivity contribution in [2.45, 2.75) is 25.7 Å². The maximum atomic E-state index is 12.8. The third kappa shape index (κ3) is 4.22. The van der Waals surface area contributed by atoms with E-state index in [0.29, 0.717) is 18.2 Å². The van der Waals surface area contributed by atoms with Crippen molar-refractivity contribution in [1.82, 2.24) is 0 Å². The van der Waals surface area contributed by atoms with E-state index in [4.69, 9.17) is 0 Å². The monoisotopic (exact) mass is 334 g/mol. The Morgan fingerprint density at radius 2 is 1.83 bits per heavy atom. The van der Waals surface area contributed by atoms with E-state index < -0.39 is 10.0 Å². The van der Waals surface area contributed by atoms with Crippen LogP contribution in [0, 0.1) is 5.92 Å². The van der Waals surface area contributed by atoms with Crippen molar-refractivity contribution in [2.75, 3.05) is 22.7 Å². The van der Waals surface area contributed by atoms with Gasteiger partial charge in [0.1, 0.15) is 11.1 Å². The van der Waals surface area contributed by atoms with Crippen molar-refractivity contribution in [3.05, 3.63) is 48.7 Å². The standard InChI is InChI=1S/C17H23N3O2S/c1-4-20(15-8-6-5-7-9-15)23(21,22)16-10-11-17(19-13-16)18-12-14(2)3/h5-11,13-14H,4,12H2,1-3H3,(H,18,19)/p+1. The fraction of sp³-hybridized carbons (Fsp3) is 0.353. The summed E-state index contributed by atoms with van der Waals surface area (Å²) in [7, 11) is -3.58. The van der Waals surface area contributed by atoms with Crippen LogP contribution < -0.4 is 14.6 Å². The topological polar surface area (TPSA) is 63.6 Å². The molecule has 0 saturated heterocycles. The average molecular weight is 334 g/mol. The predicted octanol–water partition coefficient (Wildman–Crippen LogP) is 2.78. The first-order valence-electron chi connectivity index (χ1n) is 7.78. The summed E-state index contributed by atoms with van der Waals surface area (Å²) >= 11 is 0. The minimum atomic E-state index is -3.58. The Bertz CT molecular complexity index is 713. The molecule has 6 heteroatoms. The lowest BCUT2D eigenvalue weighted by atomic mass is 10.2. The number of nitrogens with zero attached hydrogens (tertiary/aromatic N) is 1. The molecule has 0 bridgehead atoms. The SMILES string of the molecule is CCN(c1ccccc1)S(=O)(=O)c1ccc(NCC(C)C)[nH+]c1. The number of benzene rings is 1. The second-order valence-electron chi connectivity index (χ2n) is 5.72. The van der Waals surface area contributed by atoms with Crippen LogP contribution in [0.1, 0.15) is 20.8 Å². The molecular weight excluding hydrogens is 310 g/mol. The molecule has 5 nitrogen and oxygen atoms in total. The summed E-state index contributed by atoms with van der Waals surface area (Å²) in [5.74, 6) is 1.32. The first kappa shape index (κ1) is 17.3. The van der Waals surface area contributed by atoms with Crippen molar-refractivity contribution < 1.29 is 13.4 Å². The minimum absolute atomic E-state index is 0.248. The van der Waals surface area contributed by atoms with Gasteiger partial charge in [0.25, 0.3) is 15.8 Å². The molecule has 2 aromatic rings. The van der Waals surface area contributed by atoms with Gasteiger partial charge in [0, 0.05) is 12.6 Å². The van der Waals surface area contributed by atoms with Gasteiger partial charge < -0.3 is 0 Å². The normalized spacial score (nSPS) is 11.5. The number of para-hydroxylation sites is 1. The summed E-state index contributed by atoms with van der Waals surface area (Å²) in [6.07, 6.45) is 1.53. The third-order valence-corrected chi connectivity index (χ3v) is 5.30. The van der Waals surface area contributed by atoms with Crippen molar-refractivity contribution >= 4 is 21.5 Å². The van der Waals surface area contributed by atoms with Gasteiger partial charge in [0.05, 0.1) is 12.2 Å². The average Bonchev–Trinajstić information content (AvgIpc) is 2.55. The molecule has 1 aromatic carbocycles. The van der Waals surface area contributed by atoms with Crippen LogP contribution in [0.25, 0.3) is 0 Å². The molecule has 23 heavy (non-hydrogen) atoms. The molecular formula is C17H24N3O2S+. The largest absolute Gasteiger partial charge is 0.274 e. The second kappa shape index (κ2) is 7.46. The molecule has 0 aliphatic heterocycles. The van der Waals surface area contributed by atoms with Crippen LogP contribution in [0.15, 0.2) is 53.6 Å². The summed E-state index contributed by atoms with van der Waals surface area (Å²) in [6, 6.07) is 12.5. The van der Waals surface area contributed by atoms with E-state index in [0.717, 1.165) is 12.4 Å². The van der Waals surface area contributed by atoms with Crippen LogP contribution in [-0.4, -0.2) is 21.5 Å². The zero-order valence-electron chi connectivity index (χ0n) is 13.8. The zero-order chi connectivity index (χ0) is 16.9. The molecule has 0 aliphatic rings. The van der Waals surface area contributed by atoms with Gasteiger partial charge in [-0.1, -0.05) is 32.0 Å². The van der Waals surface area contributed by atoms with E-state index in [1.165, 1.54) is 10.5 Å². The number of aromatic amines is 1. The molecule has 0 atom stereocenters. The minimum Gasteiger partial charge on any atom is -0.274 e. The van der Waals surface area contributed by atoms with E-state index in [1.54, 1.807) is 24.3 Å². The number of rotatable bonds is 7. The highest BCUT2D eigenvalue weighted by Gasteiger charge is 2.24. The van der Waals surface area contributed by atoms with E-state index >= 15 is 0 Å². The molecule has 0 unspecified atom stereocenters. The summed E-state index contributed by atoms with van der Waals surface area (Å²) in [5.41, 5.74) is 0.664. The lowest BCUT2D eigenvalue weighted by Gasteiger charge is -2.22. The van der Waals surface area contributed by atoms with Gasteiger partial charge in [-0.2, -0.15) is 0 Å². The molecule has 124 valence electrons. The first-order valence-corrected chi connectivity index (χ1v) is 9.22. The van der Waals surface area contributed by atoms with Gasteiger partial charge in [-0.25, -0.2) is 13.4 Å². The van der Waals surface area contributed by atoms with Crippen molar-refractivity contribution in [3.63, 3.8) is 0 Å². The number of anilines is 2. The molecule has 0 amide bonds. The summed E-state index contributed by atoms with van der Waals surface area (Å²) in [6.45, 7) is 7.26. The lowest BCUT2D eigenvalue weighted by molar-refractivity contribution is -0.364. The van der Waals surface area contributed by atoms with Crippen LogP contribution in [0.3, 0.4) is 0 Å². The van der Waals surface area contributed by atoms with Crippen LogP contribution in [0.2, 0.25) is 0 Å². The van der Waals surface area contributed by atoms with E-state index in [-0.39, 0.29) is 4.90 Å². The van der Waals surface area contributed by atoms with Crippen molar-refractivity contribution in [2.24, 2.45) is 5.92 Å². The molecule has 0 saturated carbocycles. The number of aromatic nitrogens is 1. The van der Waals surface area contributed by atoms with Crippen molar-refractivity contribution in [1.29, 1.82) is 0 Å². The van der Waals surface area contributed by atoms with Crippen molar-refractivity contribution in [3.8, 4) is 0 Å². The Kier molecular flexibility index (Phi) is 5.60. The number of nitrogens with one attached hydrogen (secondary N) is 2. The maximum Gasteiger partial charge on any atom is 0.272 e. The molecule has 0 spiro atoms. The van der Waals surface area contributed by atoms with Gasteiger partial charge in [-0.15, -0.1) is 0 Å². The third-order valence-electron chi connectivity index (χ3n) is 3.40. The molecule has 0 fully saturated rings. The predicted molar refractivity (Wildman–Crippen MR) is 93.0 cm³/mol. The van der Waals surface area contributed by atoms with E-state index in [2.05, 4.69) is 24.1 Å². The number of hydrogen-bond donors (Lipinski definition) is 1. The van der Waals surface area contributed by atoms with Gasteiger partial charge in [0.15, 0.2) is 0 Å². The molecule has 0 radical (unpaired) electrons. The van der Waals surface area contributed by atoms with E-state index in [1.807, 2.05) is 25.1 Å². The Hall–Kier alpha value is -2.08. The molecule has 2 rings (SSSR count).